The third-order valence-corrected chi connectivity index (χ3v) is 5.55. The van der Waals surface area contributed by atoms with Gasteiger partial charge in [0, 0.05) is 30.0 Å². The molecule has 4 N–H and O–H groups in total. The standard InChI is InChI=1S/C23H26F3N5O3/c1-15(23(24,25)26)21(28-18-6-4-5-16(13-18)14-27-30-34)22(33)29-17-8-10-19(11-9-17)31-12-3-2-7-20(31)32/h4-6,8-11,13-15,21,28,30,34H,2-3,7,12H2,1H3,(H,29,33)/b27-14-/t15-,21-/m0/s1. The molecule has 34 heavy (non-hydrogen) atoms. The van der Waals surface area contributed by atoms with E-state index in [1.165, 1.54) is 18.3 Å². The van der Waals surface area contributed by atoms with Crippen molar-refractivity contribution < 1.29 is 28.0 Å². The van der Waals surface area contributed by atoms with Crippen molar-refractivity contribution in [2.24, 2.45) is 11.0 Å². The summed E-state index contributed by atoms with van der Waals surface area (Å²) < 4.78 is 40.6. The first-order chi connectivity index (χ1) is 16.2. The fourth-order valence-electron chi connectivity index (χ4n) is 3.62. The van der Waals surface area contributed by atoms with Crippen LogP contribution in [0.25, 0.3) is 0 Å². The minimum Gasteiger partial charge on any atom is -0.373 e. The zero-order valence-electron chi connectivity index (χ0n) is 18.5. The van der Waals surface area contributed by atoms with Gasteiger partial charge >= 0.3 is 6.18 Å². The summed E-state index contributed by atoms with van der Waals surface area (Å²) in [6.45, 7) is 1.54. The van der Waals surface area contributed by atoms with Gasteiger partial charge in [-0.05, 0) is 54.8 Å². The van der Waals surface area contributed by atoms with E-state index in [1.807, 2.05) is 0 Å². The van der Waals surface area contributed by atoms with Crippen molar-refractivity contribution in [3.63, 3.8) is 0 Å². The lowest BCUT2D eigenvalue weighted by atomic mass is 9.99. The number of halogens is 3. The minimum absolute atomic E-state index is 0.0216. The second-order valence-corrected chi connectivity index (χ2v) is 7.97. The normalized spacial score (nSPS) is 16.3. The molecular weight excluding hydrogens is 451 g/mol. The van der Waals surface area contributed by atoms with Gasteiger partial charge in [-0.15, -0.1) is 0 Å². The Morgan fingerprint density at radius 3 is 2.53 bits per heavy atom. The van der Waals surface area contributed by atoms with Crippen LogP contribution in [-0.2, 0) is 9.59 Å². The lowest BCUT2D eigenvalue weighted by Crippen LogP contribution is -2.45. The summed E-state index contributed by atoms with van der Waals surface area (Å²) in [6.07, 6.45) is -1.13. The quantitative estimate of drug-likeness (QED) is 0.338. The number of amides is 2. The number of hydrogen-bond acceptors (Lipinski definition) is 6. The van der Waals surface area contributed by atoms with Crippen LogP contribution in [0.4, 0.5) is 30.2 Å². The predicted octanol–water partition coefficient (Wildman–Crippen LogP) is 4.13. The summed E-state index contributed by atoms with van der Waals surface area (Å²) >= 11 is 0. The van der Waals surface area contributed by atoms with Crippen molar-refractivity contribution in [2.75, 3.05) is 22.1 Å². The third-order valence-electron chi connectivity index (χ3n) is 5.55. The molecule has 1 aliphatic heterocycles. The van der Waals surface area contributed by atoms with E-state index in [9.17, 15) is 22.8 Å². The first kappa shape index (κ1) is 25.0. The maximum atomic E-state index is 13.5. The fourth-order valence-corrected chi connectivity index (χ4v) is 3.62. The molecular formula is C23H26F3N5O3. The predicted molar refractivity (Wildman–Crippen MR) is 123 cm³/mol. The molecule has 1 aliphatic rings. The van der Waals surface area contributed by atoms with Crippen molar-refractivity contribution in [3.8, 4) is 0 Å². The van der Waals surface area contributed by atoms with Gasteiger partial charge in [0.15, 0.2) is 0 Å². The summed E-state index contributed by atoms with van der Waals surface area (Å²) in [6, 6.07) is 11.0. The largest absolute Gasteiger partial charge is 0.394 e. The van der Waals surface area contributed by atoms with Gasteiger partial charge in [-0.2, -0.15) is 23.9 Å². The Kier molecular flexibility index (Phi) is 8.11. The SMILES string of the molecule is C[C@@H]([C@H](Nc1cccc(/C=N\NO)c1)C(=O)Nc1ccc(N2CCCCC2=O)cc1)C(F)(F)F. The Bertz CT molecular complexity index is 1030. The maximum Gasteiger partial charge on any atom is 0.394 e. The van der Waals surface area contributed by atoms with Gasteiger partial charge in [-0.1, -0.05) is 19.1 Å². The highest BCUT2D eigenvalue weighted by Gasteiger charge is 2.44. The first-order valence-corrected chi connectivity index (χ1v) is 10.8. The number of nitrogens with zero attached hydrogens (tertiary/aromatic N) is 2. The number of piperidine rings is 1. The summed E-state index contributed by atoms with van der Waals surface area (Å²) in [7, 11) is 0. The van der Waals surface area contributed by atoms with Gasteiger partial charge in [0.2, 0.25) is 11.8 Å². The van der Waals surface area contributed by atoms with E-state index >= 15 is 0 Å². The van der Waals surface area contributed by atoms with Crippen molar-refractivity contribution >= 4 is 35.1 Å². The Morgan fingerprint density at radius 1 is 1.15 bits per heavy atom. The number of rotatable bonds is 8. The molecule has 8 nitrogen and oxygen atoms in total. The summed E-state index contributed by atoms with van der Waals surface area (Å²) in [5.74, 6) is -2.83. The summed E-state index contributed by atoms with van der Waals surface area (Å²) in [5, 5.41) is 17.2. The molecule has 0 aromatic heterocycles. The van der Waals surface area contributed by atoms with Crippen LogP contribution in [0.5, 0.6) is 0 Å². The van der Waals surface area contributed by atoms with E-state index in [2.05, 4.69) is 15.7 Å². The molecule has 1 fully saturated rings. The Hall–Kier alpha value is -3.60. The number of alkyl halides is 3. The van der Waals surface area contributed by atoms with E-state index in [0.29, 0.717) is 29.9 Å². The number of nitrogens with one attached hydrogen (secondary N) is 3. The van der Waals surface area contributed by atoms with Gasteiger partial charge in [-0.3, -0.25) is 14.8 Å². The highest BCUT2D eigenvalue weighted by Crippen LogP contribution is 2.31. The first-order valence-electron chi connectivity index (χ1n) is 10.8. The van der Waals surface area contributed by atoms with Crippen molar-refractivity contribution in [1.29, 1.82) is 0 Å². The van der Waals surface area contributed by atoms with Gasteiger partial charge in [-0.25, -0.2) is 0 Å². The van der Waals surface area contributed by atoms with Crippen LogP contribution in [0, 0.1) is 5.92 Å². The van der Waals surface area contributed by atoms with Crippen LogP contribution in [0.15, 0.2) is 53.6 Å². The molecule has 0 saturated carbocycles. The number of carbonyl (C=O) groups is 2. The molecule has 2 aromatic rings. The highest BCUT2D eigenvalue weighted by molar-refractivity contribution is 5.98. The zero-order valence-corrected chi connectivity index (χ0v) is 18.5. The molecule has 1 heterocycles. The smallest absolute Gasteiger partial charge is 0.373 e. The van der Waals surface area contributed by atoms with Gasteiger partial charge in [0.25, 0.3) is 0 Å². The fraction of sp³-hybridized carbons (Fsp3) is 0.348. The molecule has 0 radical (unpaired) electrons. The minimum atomic E-state index is -4.62. The number of hydrogen-bond donors (Lipinski definition) is 4. The second-order valence-electron chi connectivity index (χ2n) is 7.97. The molecule has 11 heteroatoms. The molecule has 3 rings (SSSR count). The molecule has 0 unspecified atom stereocenters. The lowest BCUT2D eigenvalue weighted by molar-refractivity contribution is -0.175. The number of benzene rings is 2. The Labute approximate surface area is 194 Å². The monoisotopic (exact) mass is 477 g/mol. The zero-order chi connectivity index (χ0) is 24.7. The number of anilines is 3. The van der Waals surface area contributed by atoms with Crippen LogP contribution in [0.1, 0.15) is 31.7 Å². The van der Waals surface area contributed by atoms with Crippen LogP contribution in [-0.4, -0.2) is 42.0 Å². The Morgan fingerprint density at radius 2 is 1.88 bits per heavy atom. The van der Waals surface area contributed by atoms with Crippen molar-refractivity contribution in [2.45, 2.75) is 38.4 Å². The van der Waals surface area contributed by atoms with Crippen molar-refractivity contribution in [1.82, 2.24) is 5.59 Å². The van der Waals surface area contributed by atoms with E-state index in [1.54, 1.807) is 46.9 Å². The molecule has 182 valence electrons. The molecule has 1 saturated heterocycles. The van der Waals surface area contributed by atoms with E-state index in [0.717, 1.165) is 19.8 Å². The average Bonchev–Trinajstić information content (AvgIpc) is 2.81. The van der Waals surface area contributed by atoms with Gasteiger partial charge in [0.1, 0.15) is 6.04 Å². The topological polar surface area (TPSA) is 106 Å². The molecule has 2 amide bonds. The van der Waals surface area contributed by atoms with E-state index in [4.69, 9.17) is 5.21 Å². The van der Waals surface area contributed by atoms with Crippen molar-refractivity contribution in [3.05, 3.63) is 54.1 Å². The molecule has 0 aliphatic carbocycles. The molecule has 2 atom stereocenters. The Balaban J connectivity index is 1.76. The molecule has 0 spiro atoms. The second kappa shape index (κ2) is 11.0. The van der Waals surface area contributed by atoms with Crippen LogP contribution in [0.2, 0.25) is 0 Å². The summed E-state index contributed by atoms with van der Waals surface area (Å²) in [5.41, 5.74) is 3.36. The lowest BCUT2D eigenvalue weighted by Gasteiger charge is -2.28. The van der Waals surface area contributed by atoms with Crippen LogP contribution in [0.3, 0.4) is 0 Å². The number of carbonyl (C=O) groups excluding carboxylic acids is 2. The third kappa shape index (κ3) is 6.47. The van der Waals surface area contributed by atoms with Crippen LogP contribution >= 0.6 is 0 Å². The van der Waals surface area contributed by atoms with Gasteiger partial charge in [0.05, 0.1) is 12.1 Å². The molecule has 0 bridgehead atoms. The molecule has 2 aromatic carbocycles. The highest BCUT2D eigenvalue weighted by atomic mass is 19.4. The van der Waals surface area contributed by atoms with E-state index in [-0.39, 0.29) is 11.6 Å². The summed E-state index contributed by atoms with van der Waals surface area (Å²) in [4.78, 5) is 26.6. The van der Waals surface area contributed by atoms with Gasteiger partial charge < -0.3 is 15.5 Å². The van der Waals surface area contributed by atoms with E-state index < -0.39 is 24.0 Å². The van der Waals surface area contributed by atoms with Crippen LogP contribution < -0.4 is 21.1 Å². The number of hydrazone groups is 1. The average molecular weight is 477 g/mol. The maximum absolute atomic E-state index is 13.5.